The molecule has 0 fully saturated rings. The van der Waals surface area contributed by atoms with Gasteiger partial charge in [-0.25, -0.2) is 0 Å². The number of esters is 2. The van der Waals surface area contributed by atoms with E-state index in [-0.39, 0.29) is 11.9 Å². The second-order valence-corrected chi connectivity index (χ2v) is 5.56. The highest BCUT2D eigenvalue weighted by Gasteiger charge is 1.95. The standard InChI is InChI=1S/2C7H14O2.C2H4O2/c2*1-6(2)4-5-9-7(3)8;1-2(3)4/h2*6H,4-5H2,1-3H3;1H3,(H,3,4). The average Bonchev–Trinajstić information content (AvgIpc) is 2.26. The van der Waals surface area contributed by atoms with Gasteiger partial charge in [0.2, 0.25) is 0 Å². The van der Waals surface area contributed by atoms with E-state index >= 15 is 0 Å². The molecule has 1 N–H and O–H groups in total. The van der Waals surface area contributed by atoms with Crippen LogP contribution >= 0.6 is 0 Å². The van der Waals surface area contributed by atoms with Crippen molar-refractivity contribution >= 4 is 17.9 Å². The molecule has 0 bridgehead atoms. The number of carbonyl (C=O) groups excluding carboxylic acids is 2. The smallest absolute Gasteiger partial charge is 0.302 e. The van der Waals surface area contributed by atoms with Gasteiger partial charge in [-0.15, -0.1) is 0 Å². The van der Waals surface area contributed by atoms with Crippen LogP contribution in [-0.2, 0) is 23.9 Å². The van der Waals surface area contributed by atoms with E-state index in [0.29, 0.717) is 25.0 Å². The molecule has 0 unspecified atom stereocenters. The first-order valence-corrected chi connectivity index (χ1v) is 7.45. The highest BCUT2D eigenvalue weighted by atomic mass is 16.5. The summed E-state index contributed by atoms with van der Waals surface area (Å²) in [4.78, 5) is 29.4. The molecule has 0 radical (unpaired) electrons. The summed E-state index contributed by atoms with van der Waals surface area (Å²) in [6, 6.07) is 0. The molecule has 0 aliphatic rings. The van der Waals surface area contributed by atoms with Gasteiger partial charge < -0.3 is 14.6 Å². The van der Waals surface area contributed by atoms with Crippen molar-refractivity contribution < 1.29 is 29.0 Å². The van der Waals surface area contributed by atoms with E-state index < -0.39 is 5.97 Å². The number of rotatable bonds is 6. The van der Waals surface area contributed by atoms with E-state index in [1.807, 2.05) is 0 Å². The van der Waals surface area contributed by atoms with Crippen LogP contribution in [0, 0.1) is 11.8 Å². The van der Waals surface area contributed by atoms with Gasteiger partial charge in [0, 0.05) is 20.8 Å². The van der Waals surface area contributed by atoms with Crippen molar-refractivity contribution in [3.63, 3.8) is 0 Å². The molecule has 132 valence electrons. The monoisotopic (exact) mass is 320 g/mol. The van der Waals surface area contributed by atoms with Crippen LogP contribution in [0.1, 0.15) is 61.3 Å². The van der Waals surface area contributed by atoms with Gasteiger partial charge >= 0.3 is 11.9 Å². The fourth-order valence-electron chi connectivity index (χ4n) is 0.877. The Kier molecular flexibility index (Phi) is 20.1. The Morgan fingerprint density at radius 3 is 1.14 bits per heavy atom. The van der Waals surface area contributed by atoms with Crippen molar-refractivity contribution in [1.82, 2.24) is 0 Å². The minimum absolute atomic E-state index is 0.185. The van der Waals surface area contributed by atoms with Crippen LogP contribution < -0.4 is 0 Å². The van der Waals surface area contributed by atoms with Crippen LogP contribution in [0.15, 0.2) is 0 Å². The second-order valence-electron chi connectivity index (χ2n) is 5.56. The third-order valence-corrected chi connectivity index (χ3v) is 2.00. The highest BCUT2D eigenvalue weighted by molar-refractivity contribution is 5.66. The van der Waals surface area contributed by atoms with Crippen LogP contribution in [0.5, 0.6) is 0 Å². The highest BCUT2D eigenvalue weighted by Crippen LogP contribution is 1.98. The fourth-order valence-corrected chi connectivity index (χ4v) is 0.877. The molecule has 0 aromatic carbocycles. The summed E-state index contributed by atoms with van der Waals surface area (Å²) in [7, 11) is 0. The minimum Gasteiger partial charge on any atom is -0.481 e. The van der Waals surface area contributed by atoms with Crippen LogP contribution in [0.3, 0.4) is 0 Å². The SMILES string of the molecule is CC(=O)O.CC(=O)OCCC(C)C.CC(=O)OCCC(C)C. The molecular weight excluding hydrogens is 288 g/mol. The van der Waals surface area contributed by atoms with Crippen molar-refractivity contribution in [2.75, 3.05) is 13.2 Å². The topological polar surface area (TPSA) is 89.9 Å². The quantitative estimate of drug-likeness (QED) is 0.755. The molecule has 22 heavy (non-hydrogen) atoms. The maximum Gasteiger partial charge on any atom is 0.302 e. The van der Waals surface area contributed by atoms with Crippen molar-refractivity contribution in [2.45, 2.75) is 61.3 Å². The predicted molar refractivity (Wildman–Crippen MR) is 85.5 cm³/mol. The van der Waals surface area contributed by atoms with Gasteiger partial charge in [-0.1, -0.05) is 27.7 Å². The van der Waals surface area contributed by atoms with Gasteiger partial charge in [-0.05, 0) is 24.7 Å². The van der Waals surface area contributed by atoms with E-state index in [1.165, 1.54) is 13.8 Å². The van der Waals surface area contributed by atoms with Crippen LogP contribution in [-0.4, -0.2) is 36.2 Å². The summed E-state index contributed by atoms with van der Waals surface area (Å²) in [5.41, 5.74) is 0. The zero-order valence-electron chi connectivity index (χ0n) is 15.0. The molecular formula is C16H32O6. The Balaban J connectivity index is -0.000000266. The third kappa shape index (κ3) is 51.5. The molecule has 6 nitrogen and oxygen atoms in total. The largest absolute Gasteiger partial charge is 0.481 e. The second kappa shape index (κ2) is 17.5. The number of ether oxygens (including phenoxy) is 2. The van der Waals surface area contributed by atoms with Crippen molar-refractivity contribution in [2.24, 2.45) is 11.8 Å². The number of carbonyl (C=O) groups is 3. The molecule has 6 heteroatoms. The Morgan fingerprint density at radius 2 is 1.00 bits per heavy atom. The van der Waals surface area contributed by atoms with Crippen molar-refractivity contribution in [1.29, 1.82) is 0 Å². The van der Waals surface area contributed by atoms with E-state index in [4.69, 9.17) is 19.4 Å². The maximum atomic E-state index is 10.2. The lowest BCUT2D eigenvalue weighted by atomic mass is 10.1. The number of hydrogen-bond acceptors (Lipinski definition) is 5. The molecule has 0 aromatic heterocycles. The first-order valence-electron chi connectivity index (χ1n) is 7.45. The fraction of sp³-hybridized carbons (Fsp3) is 0.812. The van der Waals surface area contributed by atoms with E-state index in [1.54, 1.807) is 0 Å². The summed E-state index contributed by atoms with van der Waals surface area (Å²) >= 11 is 0. The van der Waals surface area contributed by atoms with Crippen LogP contribution in [0.4, 0.5) is 0 Å². The van der Waals surface area contributed by atoms with Crippen LogP contribution in [0.25, 0.3) is 0 Å². The Labute approximate surface area is 134 Å². The maximum absolute atomic E-state index is 10.2. The van der Waals surface area contributed by atoms with Gasteiger partial charge in [0.1, 0.15) is 0 Å². The summed E-state index contributed by atoms with van der Waals surface area (Å²) in [6.45, 7) is 13.5. The molecule has 0 saturated heterocycles. The third-order valence-electron chi connectivity index (χ3n) is 2.00. The molecule has 0 atom stereocenters. The number of hydrogen-bond donors (Lipinski definition) is 1. The van der Waals surface area contributed by atoms with Crippen molar-refractivity contribution in [3.05, 3.63) is 0 Å². The molecule has 0 spiro atoms. The number of aliphatic carboxylic acids is 1. The predicted octanol–water partition coefficient (Wildman–Crippen LogP) is 3.28. The van der Waals surface area contributed by atoms with Crippen LogP contribution in [0.2, 0.25) is 0 Å². The summed E-state index contributed by atoms with van der Waals surface area (Å²) in [5.74, 6) is 0.0278. The first-order chi connectivity index (χ1) is 9.98. The molecule has 0 aliphatic heterocycles. The Bertz CT molecular complexity index is 269. The van der Waals surface area contributed by atoms with E-state index in [9.17, 15) is 9.59 Å². The average molecular weight is 320 g/mol. The first kappa shape index (κ1) is 25.4. The zero-order valence-corrected chi connectivity index (χ0v) is 15.0. The lowest BCUT2D eigenvalue weighted by Crippen LogP contribution is -2.02. The van der Waals surface area contributed by atoms with E-state index in [0.717, 1.165) is 19.8 Å². The van der Waals surface area contributed by atoms with Gasteiger partial charge in [-0.3, -0.25) is 14.4 Å². The lowest BCUT2D eigenvalue weighted by Gasteiger charge is -2.02. The Hall–Kier alpha value is -1.59. The normalized spacial score (nSPS) is 9.14. The molecule has 0 amide bonds. The number of carboxylic acid groups (broad SMARTS) is 1. The van der Waals surface area contributed by atoms with Gasteiger partial charge in [0.25, 0.3) is 5.97 Å². The zero-order chi connectivity index (χ0) is 18.1. The molecule has 0 saturated carbocycles. The summed E-state index contributed by atoms with van der Waals surface area (Å²) in [6.07, 6.45) is 1.92. The van der Waals surface area contributed by atoms with Crippen molar-refractivity contribution in [3.8, 4) is 0 Å². The molecule has 0 aliphatic carbocycles. The minimum atomic E-state index is -0.833. The van der Waals surface area contributed by atoms with Gasteiger partial charge in [0.15, 0.2) is 0 Å². The van der Waals surface area contributed by atoms with Gasteiger partial charge in [-0.2, -0.15) is 0 Å². The Morgan fingerprint density at radius 1 is 0.773 bits per heavy atom. The lowest BCUT2D eigenvalue weighted by molar-refractivity contribution is -0.142. The number of carboxylic acids is 1. The van der Waals surface area contributed by atoms with E-state index in [2.05, 4.69) is 27.7 Å². The van der Waals surface area contributed by atoms with Gasteiger partial charge in [0.05, 0.1) is 13.2 Å². The molecule has 0 rings (SSSR count). The summed E-state index contributed by atoms with van der Waals surface area (Å²) < 4.78 is 9.43. The molecule has 0 aromatic rings. The summed E-state index contributed by atoms with van der Waals surface area (Å²) in [5, 5.41) is 7.42. The molecule has 0 heterocycles.